The average Bonchev–Trinajstić information content (AvgIpc) is 3.34. The van der Waals surface area contributed by atoms with Crippen molar-refractivity contribution in [2.45, 2.75) is 6.42 Å². The molecule has 1 aliphatic heterocycles. The Kier molecular flexibility index (Phi) is 6.01. The minimum atomic E-state index is -0.172. The number of anilines is 1. The molecule has 1 saturated heterocycles. The van der Waals surface area contributed by atoms with E-state index in [1.54, 1.807) is 30.9 Å². The molecule has 0 amide bonds. The molecule has 1 aliphatic rings. The summed E-state index contributed by atoms with van der Waals surface area (Å²) in [5.74, 6) is 1.56. The molecule has 2 aromatic carbocycles. The number of methoxy groups -OCH3 is 1. The van der Waals surface area contributed by atoms with Gasteiger partial charge in [0.2, 0.25) is 0 Å². The summed E-state index contributed by atoms with van der Waals surface area (Å²) in [5.41, 5.74) is 3.50. The van der Waals surface area contributed by atoms with E-state index in [9.17, 15) is 4.79 Å². The first kappa shape index (κ1) is 20.6. The van der Waals surface area contributed by atoms with E-state index in [0.29, 0.717) is 35.2 Å². The Morgan fingerprint density at radius 2 is 1.90 bits per heavy atom. The van der Waals surface area contributed by atoms with Gasteiger partial charge in [0.1, 0.15) is 5.75 Å². The molecule has 1 aromatic heterocycles. The van der Waals surface area contributed by atoms with Gasteiger partial charge in [0.15, 0.2) is 5.82 Å². The molecule has 31 heavy (non-hydrogen) atoms. The molecular formula is C24H25N5O2. The highest BCUT2D eigenvalue weighted by Gasteiger charge is 2.20. The molecule has 2 N–H and O–H groups in total. The molecule has 1 fully saturated rings. The Bertz CT molecular complexity index is 1150. The Morgan fingerprint density at radius 1 is 1.19 bits per heavy atom. The first-order valence-electron chi connectivity index (χ1n) is 10.3. The molecule has 158 valence electrons. The van der Waals surface area contributed by atoms with Gasteiger partial charge in [0.25, 0.3) is 5.56 Å². The quantitative estimate of drug-likeness (QED) is 0.643. The van der Waals surface area contributed by atoms with Crippen molar-refractivity contribution < 1.29 is 4.74 Å². The van der Waals surface area contributed by atoms with Crippen molar-refractivity contribution in [1.82, 2.24) is 14.9 Å². The van der Waals surface area contributed by atoms with Crippen LogP contribution in [0.2, 0.25) is 0 Å². The molecule has 0 saturated carbocycles. The number of nitriles is 1. The zero-order valence-electron chi connectivity index (χ0n) is 17.7. The highest BCUT2D eigenvalue weighted by Crippen LogP contribution is 2.31. The van der Waals surface area contributed by atoms with E-state index < -0.39 is 0 Å². The molecule has 0 bridgehead atoms. The summed E-state index contributed by atoms with van der Waals surface area (Å²) in [7, 11) is 3.38. The van der Waals surface area contributed by atoms with Crippen LogP contribution in [0.4, 0.5) is 5.82 Å². The molecule has 0 spiro atoms. The molecule has 0 aliphatic carbocycles. The summed E-state index contributed by atoms with van der Waals surface area (Å²) in [6, 6.07) is 16.9. The Labute approximate surface area is 181 Å². The fourth-order valence-corrected chi connectivity index (χ4v) is 3.86. The SMILES string of the molecule is COc1ccc(-c2c(-c3ccc(C#N)cc3)nc(NCC3CCNC3)c(=O)n2C)cc1. The fraction of sp³-hybridized carbons (Fsp3) is 0.292. The smallest absolute Gasteiger partial charge is 0.293 e. The molecule has 4 rings (SSSR count). The first-order chi connectivity index (χ1) is 15.1. The highest BCUT2D eigenvalue weighted by molar-refractivity contribution is 5.79. The average molecular weight is 415 g/mol. The number of hydrogen-bond donors (Lipinski definition) is 2. The maximum absolute atomic E-state index is 13.1. The third kappa shape index (κ3) is 4.30. The predicted molar refractivity (Wildman–Crippen MR) is 121 cm³/mol. The van der Waals surface area contributed by atoms with Crippen molar-refractivity contribution in [1.29, 1.82) is 5.26 Å². The number of ether oxygens (including phenoxy) is 1. The van der Waals surface area contributed by atoms with Gasteiger partial charge in [-0.25, -0.2) is 4.98 Å². The van der Waals surface area contributed by atoms with E-state index in [4.69, 9.17) is 15.0 Å². The van der Waals surface area contributed by atoms with E-state index in [0.717, 1.165) is 36.4 Å². The van der Waals surface area contributed by atoms with Crippen LogP contribution in [0.5, 0.6) is 5.75 Å². The van der Waals surface area contributed by atoms with Crippen molar-refractivity contribution >= 4 is 5.82 Å². The summed E-state index contributed by atoms with van der Waals surface area (Å²) in [5, 5.41) is 15.8. The standard InChI is InChI=1S/C24H25N5O2/c1-29-22(19-7-9-20(31-2)10-8-19)21(18-5-3-16(13-25)4-6-18)28-23(24(29)30)27-15-17-11-12-26-14-17/h3-10,17,26H,11-12,14-15H2,1-2H3,(H,27,28). The van der Waals surface area contributed by atoms with E-state index >= 15 is 0 Å². The molecule has 3 aromatic rings. The van der Waals surface area contributed by atoms with Gasteiger partial charge < -0.3 is 19.9 Å². The number of nitrogens with one attached hydrogen (secondary N) is 2. The van der Waals surface area contributed by atoms with Crippen LogP contribution in [-0.4, -0.2) is 36.3 Å². The molecule has 7 nitrogen and oxygen atoms in total. The minimum absolute atomic E-state index is 0.172. The maximum atomic E-state index is 13.1. The third-order valence-electron chi connectivity index (χ3n) is 5.66. The Balaban J connectivity index is 1.82. The van der Waals surface area contributed by atoms with Gasteiger partial charge in [-0.1, -0.05) is 12.1 Å². The molecule has 2 heterocycles. The van der Waals surface area contributed by atoms with Gasteiger partial charge in [-0.05, 0) is 61.8 Å². The van der Waals surface area contributed by atoms with Crippen LogP contribution < -0.4 is 20.9 Å². The van der Waals surface area contributed by atoms with E-state index in [-0.39, 0.29) is 5.56 Å². The third-order valence-corrected chi connectivity index (χ3v) is 5.66. The number of hydrogen-bond acceptors (Lipinski definition) is 6. The summed E-state index contributed by atoms with van der Waals surface area (Å²) in [6.45, 7) is 2.65. The van der Waals surface area contributed by atoms with Gasteiger partial charge in [-0.15, -0.1) is 0 Å². The minimum Gasteiger partial charge on any atom is -0.497 e. The van der Waals surface area contributed by atoms with E-state index in [1.165, 1.54) is 0 Å². The van der Waals surface area contributed by atoms with E-state index in [2.05, 4.69) is 16.7 Å². The second-order valence-corrected chi connectivity index (χ2v) is 7.68. The van der Waals surface area contributed by atoms with Crippen LogP contribution >= 0.6 is 0 Å². The fourth-order valence-electron chi connectivity index (χ4n) is 3.86. The van der Waals surface area contributed by atoms with Crippen molar-refractivity contribution in [3.05, 3.63) is 64.4 Å². The highest BCUT2D eigenvalue weighted by atomic mass is 16.5. The topological polar surface area (TPSA) is 92.0 Å². The largest absolute Gasteiger partial charge is 0.497 e. The lowest BCUT2D eigenvalue weighted by Gasteiger charge is -2.18. The van der Waals surface area contributed by atoms with Crippen molar-refractivity contribution in [2.75, 3.05) is 32.1 Å². The van der Waals surface area contributed by atoms with Crippen LogP contribution in [0.1, 0.15) is 12.0 Å². The molecule has 1 unspecified atom stereocenters. The lowest BCUT2D eigenvalue weighted by atomic mass is 10.0. The van der Waals surface area contributed by atoms with Gasteiger partial charge >= 0.3 is 0 Å². The second kappa shape index (κ2) is 9.02. The summed E-state index contributed by atoms with van der Waals surface area (Å²) in [6.07, 6.45) is 1.08. The monoisotopic (exact) mass is 415 g/mol. The van der Waals surface area contributed by atoms with Crippen molar-refractivity contribution in [3.63, 3.8) is 0 Å². The van der Waals surface area contributed by atoms with Crippen LogP contribution in [0.15, 0.2) is 53.3 Å². The first-order valence-corrected chi connectivity index (χ1v) is 10.3. The normalized spacial score (nSPS) is 15.5. The lowest BCUT2D eigenvalue weighted by molar-refractivity contribution is 0.415. The summed E-state index contributed by atoms with van der Waals surface area (Å²) >= 11 is 0. The molecule has 0 radical (unpaired) electrons. The van der Waals surface area contributed by atoms with E-state index in [1.807, 2.05) is 36.4 Å². The Morgan fingerprint density at radius 3 is 2.52 bits per heavy atom. The Hall–Kier alpha value is -3.63. The van der Waals surface area contributed by atoms with Crippen LogP contribution in [0.3, 0.4) is 0 Å². The molecular weight excluding hydrogens is 390 g/mol. The zero-order chi connectivity index (χ0) is 21.8. The van der Waals surface area contributed by atoms with Crippen LogP contribution in [-0.2, 0) is 7.05 Å². The van der Waals surface area contributed by atoms with Gasteiger partial charge in [0.05, 0.1) is 30.1 Å². The second-order valence-electron chi connectivity index (χ2n) is 7.68. The predicted octanol–water partition coefficient (Wildman–Crippen LogP) is 3.02. The summed E-state index contributed by atoms with van der Waals surface area (Å²) in [4.78, 5) is 17.9. The van der Waals surface area contributed by atoms with Crippen molar-refractivity contribution in [3.8, 4) is 34.3 Å². The number of rotatable bonds is 6. The van der Waals surface area contributed by atoms with Crippen molar-refractivity contribution in [2.24, 2.45) is 13.0 Å². The molecule has 7 heteroatoms. The van der Waals surface area contributed by atoms with Gasteiger partial charge in [0, 0.05) is 24.7 Å². The van der Waals surface area contributed by atoms with Gasteiger partial charge in [-0.2, -0.15) is 5.26 Å². The number of nitrogens with zero attached hydrogens (tertiary/aromatic N) is 3. The number of benzene rings is 2. The molecule has 1 atom stereocenters. The van der Waals surface area contributed by atoms with Crippen LogP contribution in [0.25, 0.3) is 22.5 Å². The maximum Gasteiger partial charge on any atom is 0.293 e. The van der Waals surface area contributed by atoms with Crippen LogP contribution in [0, 0.1) is 17.2 Å². The lowest BCUT2D eigenvalue weighted by Crippen LogP contribution is -2.27. The van der Waals surface area contributed by atoms with Gasteiger partial charge in [-0.3, -0.25) is 4.79 Å². The zero-order valence-corrected chi connectivity index (χ0v) is 17.7. The number of aromatic nitrogens is 2. The summed E-state index contributed by atoms with van der Waals surface area (Å²) < 4.78 is 6.91.